The summed E-state index contributed by atoms with van der Waals surface area (Å²) in [6.45, 7) is 4.16. The fourth-order valence-electron chi connectivity index (χ4n) is 2.09. The van der Waals surface area contributed by atoms with Crippen LogP contribution >= 0.6 is 11.3 Å². The highest BCUT2D eigenvalue weighted by atomic mass is 32.1. The van der Waals surface area contributed by atoms with Gasteiger partial charge in [-0.25, -0.2) is 4.98 Å². The van der Waals surface area contributed by atoms with Crippen LogP contribution in [0.25, 0.3) is 16.2 Å². The van der Waals surface area contributed by atoms with Crippen molar-refractivity contribution in [2.45, 2.75) is 13.8 Å². The van der Waals surface area contributed by atoms with Crippen molar-refractivity contribution in [3.8, 4) is 17.0 Å². The number of hydrogen-bond donors (Lipinski definition) is 1. The third kappa shape index (κ3) is 1.86. The van der Waals surface area contributed by atoms with Crippen LogP contribution in [0, 0.1) is 13.8 Å². The largest absolute Gasteiger partial charge is 0.496 e. The van der Waals surface area contributed by atoms with Crippen molar-refractivity contribution in [3.63, 3.8) is 0 Å². The van der Waals surface area contributed by atoms with Gasteiger partial charge in [-0.05, 0) is 37.1 Å². The first-order valence-electron chi connectivity index (χ1n) is 5.98. The fourth-order valence-corrected chi connectivity index (χ4v) is 2.85. The average molecular weight is 273 g/mol. The van der Waals surface area contributed by atoms with E-state index in [1.54, 1.807) is 7.11 Å². The van der Waals surface area contributed by atoms with E-state index in [1.165, 1.54) is 22.5 Å². The Labute approximate surface area is 115 Å². The lowest BCUT2D eigenvalue weighted by Gasteiger charge is -2.09. The summed E-state index contributed by atoms with van der Waals surface area (Å²) in [4.78, 5) is 5.50. The van der Waals surface area contributed by atoms with Crippen LogP contribution in [0.4, 0.5) is 5.82 Å². The Morgan fingerprint density at radius 1 is 1.26 bits per heavy atom. The zero-order chi connectivity index (χ0) is 13.6. The number of benzene rings is 1. The van der Waals surface area contributed by atoms with E-state index >= 15 is 0 Å². The van der Waals surface area contributed by atoms with Gasteiger partial charge < -0.3 is 10.5 Å². The Kier molecular flexibility index (Phi) is 2.71. The number of thiazole rings is 1. The van der Waals surface area contributed by atoms with Gasteiger partial charge in [0, 0.05) is 17.1 Å². The molecule has 4 nitrogen and oxygen atoms in total. The van der Waals surface area contributed by atoms with Crippen LogP contribution in [0.1, 0.15) is 11.1 Å². The van der Waals surface area contributed by atoms with Crippen molar-refractivity contribution in [1.29, 1.82) is 0 Å². The molecular weight excluding hydrogens is 258 g/mol. The minimum Gasteiger partial charge on any atom is -0.496 e. The van der Waals surface area contributed by atoms with E-state index in [0.717, 1.165) is 22.0 Å². The summed E-state index contributed by atoms with van der Waals surface area (Å²) < 4.78 is 7.36. The number of anilines is 1. The minimum atomic E-state index is 0.710. The van der Waals surface area contributed by atoms with Crippen molar-refractivity contribution in [3.05, 3.63) is 34.8 Å². The summed E-state index contributed by atoms with van der Waals surface area (Å²) >= 11 is 1.54. The first-order chi connectivity index (χ1) is 9.10. The molecule has 0 aliphatic rings. The Hall–Kier alpha value is -2.01. The Bertz CT molecular complexity index is 757. The predicted molar refractivity (Wildman–Crippen MR) is 78.9 cm³/mol. The Balaban J connectivity index is 2.22. The monoisotopic (exact) mass is 273 g/mol. The molecule has 2 heterocycles. The zero-order valence-electron chi connectivity index (χ0n) is 11.1. The van der Waals surface area contributed by atoms with E-state index in [2.05, 4.69) is 24.9 Å². The molecule has 3 aromatic rings. The summed E-state index contributed by atoms with van der Waals surface area (Å²) in [5.41, 5.74) is 10.2. The second kappa shape index (κ2) is 4.28. The number of nitrogens with zero attached hydrogens (tertiary/aromatic N) is 2. The molecule has 0 unspecified atom stereocenters. The van der Waals surface area contributed by atoms with Crippen LogP contribution in [0.5, 0.6) is 5.75 Å². The molecule has 0 atom stereocenters. The van der Waals surface area contributed by atoms with Crippen LogP contribution in [0.15, 0.2) is 23.7 Å². The van der Waals surface area contributed by atoms with Gasteiger partial charge in [-0.1, -0.05) is 0 Å². The summed E-state index contributed by atoms with van der Waals surface area (Å²) in [5.74, 6) is 1.55. The topological polar surface area (TPSA) is 52.5 Å². The van der Waals surface area contributed by atoms with E-state index in [1.807, 2.05) is 22.0 Å². The van der Waals surface area contributed by atoms with Crippen LogP contribution < -0.4 is 10.5 Å². The highest BCUT2D eigenvalue weighted by Gasteiger charge is 2.13. The number of nitrogens with two attached hydrogens (primary N) is 1. The maximum Gasteiger partial charge on any atom is 0.195 e. The van der Waals surface area contributed by atoms with E-state index in [4.69, 9.17) is 10.5 Å². The van der Waals surface area contributed by atoms with Crippen molar-refractivity contribution in [1.82, 2.24) is 9.38 Å². The summed E-state index contributed by atoms with van der Waals surface area (Å²) in [6.07, 6.45) is 1.95. The van der Waals surface area contributed by atoms with Gasteiger partial charge in [0.15, 0.2) is 4.96 Å². The van der Waals surface area contributed by atoms with Crippen LogP contribution in [0.3, 0.4) is 0 Å². The molecule has 0 fully saturated rings. The van der Waals surface area contributed by atoms with Crippen LogP contribution in [0.2, 0.25) is 0 Å². The smallest absolute Gasteiger partial charge is 0.195 e. The Morgan fingerprint density at radius 3 is 2.68 bits per heavy atom. The Morgan fingerprint density at radius 2 is 2.00 bits per heavy atom. The molecule has 2 aromatic heterocycles. The SMILES string of the molecule is COc1cc(C)c(C)cc1-c1cn2c(N)csc2n1. The molecule has 19 heavy (non-hydrogen) atoms. The van der Waals surface area contributed by atoms with Gasteiger partial charge >= 0.3 is 0 Å². The molecule has 0 saturated heterocycles. The van der Waals surface area contributed by atoms with Crippen molar-refractivity contribution < 1.29 is 4.74 Å². The molecule has 0 aliphatic carbocycles. The normalized spacial score (nSPS) is 11.1. The molecular formula is C14H15N3OS. The van der Waals surface area contributed by atoms with Crippen LogP contribution in [-0.2, 0) is 0 Å². The zero-order valence-corrected chi connectivity index (χ0v) is 11.9. The number of ether oxygens (including phenoxy) is 1. The lowest BCUT2D eigenvalue weighted by molar-refractivity contribution is 0.416. The highest BCUT2D eigenvalue weighted by Crippen LogP contribution is 2.33. The third-order valence-electron chi connectivity index (χ3n) is 3.33. The maximum absolute atomic E-state index is 5.89. The number of nitrogen functional groups attached to an aromatic ring is 1. The quantitative estimate of drug-likeness (QED) is 0.779. The second-order valence-electron chi connectivity index (χ2n) is 4.58. The number of hydrogen-bond acceptors (Lipinski definition) is 4. The van der Waals surface area contributed by atoms with Gasteiger partial charge in [0.05, 0.1) is 12.8 Å². The van der Waals surface area contributed by atoms with Crippen molar-refractivity contribution >= 4 is 22.1 Å². The van der Waals surface area contributed by atoms with Gasteiger partial charge in [0.25, 0.3) is 0 Å². The molecule has 3 rings (SSSR count). The first-order valence-corrected chi connectivity index (χ1v) is 6.86. The number of aryl methyl sites for hydroxylation is 2. The lowest BCUT2D eigenvalue weighted by Crippen LogP contribution is -1.92. The van der Waals surface area contributed by atoms with Crippen LogP contribution in [-0.4, -0.2) is 16.5 Å². The molecule has 1 aromatic carbocycles. The molecule has 0 spiro atoms. The second-order valence-corrected chi connectivity index (χ2v) is 5.41. The van der Waals surface area contributed by atoms with Crippen molar-refractivity contribution in [2.24, 2.45) is 0 Å². The molecule has 5 heteroatoms. The lowest BCUT2D eigenvalue weighted by atomic mass is 10.0. The van der Waals surface area contributed by atoms with Gasteiger partial charge in [-0.2, -0.15) is 0 Å². The number of methoxy groups -OCH3 is 1. The molecule has 2 N–H and O–H groups in total. The molecule has 98 valence electrons. The molecule has 0 radical (unpaired) electrons. The predicted octanol–water partition coefficient (Wildman–Crippen LogP) is 3.27. The average Bonchev–Trinajstić information content (AvgIpc) is 2.95. The fraction of sp³-hybridized carbons (Fsp3) is 0.214. The summed E-state index contributed by atoms with van der Waals surface area (Å²) in [6, 6.07) is 4.15. The number of fused-ring (bicyclic) bond motifs is 1. The number of aromatic nitrogens is 2. The molecule has 0 bridgehead atoms. The first kappa shape index (κ1) is 12.0. The van der Waals surface area contributed by atoms with Gasteiger partial charge in [-0.15, -0.1) is 11.3 Å². The standard InChI is InChI=1S/C14H15N3OS/c1-8-4-10(12(18-3)5-9(8)2)11-6-17-13(15)7-19-14(17)16-11/h4-7H,15H2,1-3H3. The van der Waals surface area contributed by atoms with E-state index in [-0.39, 0.29) is 0 Å². The molecule has 0 saturated carbocycles. The molecule has 0 amide bonds. The van der Waals surface area contributed by atoms with Gasteiger partial charge in [0.2, 0.25) is 0 Å². The number of rotatable bonds is 2. The maximum atomic E-state index is 5.89. The van der Waals surface area contributed by atoms with E-state index in [9.17, 15) is 0 Å². The summed E-state index contributed by atoms with van der Waals surface area (Å²) in [7, 11) is 1.68. The van der Waals surface area contributed by atoms with Crippen molar-refractivity contribution in [2.75, 3.05) is 12.8 Å². The molecule has 0 aliphatic heterocycles. The summed E-state index contributed by atoms with van der Waals surface area (Å²) in [5, 5.41) is 1.89. The third-order valence-corrected chi connectivity index (χ3v) is 4.19. The van der Waals surface area contributed by atoms with E-state index in [0.29, 0.717) is 5.82 Å². The van der Waals surface area contributed by atoms with E-state index < -0.39 is 0 Å². The minimum absolute atomic E-state index is 0.710. The van der Waals surface area contributed by atoms with Gasteiger partial charge in [-0.3, -0.25) is 4.40 Å². The highest BCUT2D eigenvalue weighted by molar-refractivity contribution is 7.15. The number of imidazole rings is 1. The van der Waals surface area contributed by atoms with Gasteiger partial charge in [0.1, 0.15) is 11.6 Å².